The van der Waals surface area contributed by atoms with E-state index in [0.717, 1.165) is 17.0 Å². The van der Waals surface area contributed by atoms with Crippen molar-refractivity contribution in [2.75, 3.05) is 0 Å². The Morgan fingerprint density at radius 2 is 2.00 bits per heavy atom. The van der Waals surface area contributed by atoms with Crippen LogP contribution in [0.1, 0.15) is 40.5 Å². The summed E-state index contributed by atoms with van der Waals surface area (Å²) in [6.45, 7) is 4.32. The maximum absolute atomic E-state index is 13.1. The SMILES string of the molecule is Cc1cc(C(=O)N(Cc2ccco2)[C@@H](C)c2ccccc2)n(C)n1. The summed E-state index contributed by atoms with van der Waals surface area (Å²) in [4.78, 5) is 15.0. The predicted molar refractivity (Wildman–Crippen MR) is 91.4 cm³/mol. The summed E-state index contributed by atoms with van der Waals surface area (Å²) in [5, 5.41) is 4.29. The highest BCUT2D eigenvalue weighted by molar-refractivity contribution is 5.93. The van der Waals surface area contributed by atoms with Crippen LogP contribution < -0.4 is 0 Å². The highest BCUT2D eigenvalue weighted by atomic mass is 16.3. The predicted octanol–water partition coefficient (Wildman–Crippen LogP) is 3.73. The molecule has 0 radical (unpaired) electrons. The molecule has 1 amide bonds. The van der Waals surface area contributed by atoms with Crippen molar-refractivity contribution >= 4 is 5.91 Å². The van der Waals surface area contributed by atoms with Gasteiger partial charge in [-0.15, -0.1) is 0 Å². The zero-order valence-electron chi connectivity index (χ0n) is 14.1. The second kappa shape index (κ2) is 6.74. The Hall–Kier alpha value is -2.82. The Kier molecular flexibility index (Phi) is 4.51. The van der Waals surface area contributed by atoms with Gasteiger partial charge in [-0.1, -0.05) is 30.3 Å². The molecule has 0 aliphatic carbocycles. The van der Waals surface area contributed by atoms with E-state index in [9.17, 15) is 4.79 Å². The molecule has 0 saturated carbocycles. The smallest absolute Gasteiger partial charge is 0.273 e. The fourth-order valence-electron chi connectivity index (χ4n) is 2.82. The van der Waals surface area contributed by atoms with Crippen LogP contribution >= 0.6 is 0 Å². The number of hydrogen-bond acceptors (Lipinski definition) is 3. The van der Waals surface area contributed by atoms with Gasteiger partial charge in [0.2, 0.25) is 0 Å². The number of furan rings is 1. The van der Waals surface area contributed by atoms with Gasteiger partial charge in [0.25, 0.3) is 5.91 Å². The summed E-state index contributed by atoms with van der Waals surface area (Å²) in [5.41, 5.74) is 2.48. The fraction of sp³-hybridized carbons (Fsp3) is 0.263. The molecule has 5 nitrogen and oxygen atoms in total. The van der Waals surface area contributed by atoms with Crippen LogP contribution in [0.4, 0.5) is 0 Å². The summed E-state index contributed by atoms with van der Waals surface area (Å²) in [5.74, 6) is 0.691. The highest BCUT2D eigenvalue weighted by Crippen LogP contribution is 2.24. The lowest BCUT2D eigenvalue weighted by Gasteiger charge is -2.29. The summed E-state index contributed by atoms with van der Waals surface area (Å²) in [6, 6.07) is 15.4. The fourth-order valence-corrected chi connectivity index (χ4v) is 2.82. The highest BCUT2D eigenvalue weighted by Gasteiger charge is 2.26. The first-order chi connectivity index (χ1) is 11.6. The first kappa shape index (κ1) is 16.1. The standard InChI is InChI=1S/C19H21N3O2/c1-14-12-18(21(3)20-14)19(23)22(13-17-10-7-11-24-17)15(2)16-8-5-4-6-9-16/h4-12,15H,13H2,1-3H3/t15-/m0/s1. The van der Waals surface area contributed by atoms with E-state index in [2.05, 4.69) is 5.10 Å². The van der Waals surface area contributed by atoms with E-state index in [1.165, 1.54) is 0 Å². The van der Waals surface area contributed by atoms with Crippen molar-refractivity contribution in [1.82, 2.24) is 14.7 Å². The molecule has 0 spiro atoms. The molecule has 2 aromatic heterocycles. The van der Waals surface area contributed by atoms with Crippen molar-refractivity contribution < 1.29 is 9.21 Å². The average molecular weight is 323 g/mol. The van der Waals surface area contributed by atoms with E-state index < -0.39 is 0 Å². The molecule has 0 aliphatic heterocycles. The number of amides is 1. The Morgan fingerprint density at radius 3 is 2.58 bits per heavy atom. The molecule has 0 saturated heterocycles. The number of hydrogen-bond donors (Lipinski definition) is 0. The minimum Gasteiger partial charge on any atom is -0.467 e. The Labute approximate surface area is 141 Å². The van der Waals surface area contributed by atoms with Crippen LogP contribution in [0.3, 0.4) is 0 Å². The summed E-state index contributed by atoms with van der Waals surface area (Å²) in [7, 11) is 1.79. The Bertz CT molecular complexity index is 807. The van der Waals surface area contributed by atoms with E-state index in [-0.39, 0.29) is 11.9 Å². The minimum absolute atomic E-state index is 0.0640. The molecule has 1 atom stereocenters. The molecule has 1 aromatic carbocycles. The van der Waals surface area contributed by atoms with Crippen molar-refractivity contribution in [2.24, 2.45) is 7.05 Å². The molecule has 124 valence electrons. The van der Waals surface area contributed by atoms with Crippen molar-refractivity contribution in [3.8, 4) is 0 Å². The van der Waals surface area contributed by atoms with Crippen LogP contribution in [0.25, 0.3) is 0 Å². The number of benzene rings is 1. The Morgan fingerprint density at radius 1 is 1.25 bits per heavy atom. The molecule has 2 heterocycles. The van der Waals surface area contributed by atoms with Crippen molar-refractivity contribution in [3.63, 3.8) is 0 Å². The van der Waals surface area contributed by atoms with Gasteiger partial charge in [0.05, 0.1) is 24.5 Å². The van der Waals surface area contributed by atoms with Crippen molar-refractivity contribution in [3.05, 3.63) is 77.5 Å². The van der Waals surface area contributed by atoms with Crippen LogP contribution in [0.5, 0.6) is 0 Å². The Balaban J connectivity index is 1.95. The molecular formula is C19H21N3O2. The number of carbonyl (C=O) groups excluding carboxylic acids is 1. The normalized spacial score (nSPS) is 12.1. The zero-order chi connectivity index (χ0) is 17.1. The second-order valence-corrected chi connectivity index (χ2v) is 5.89. The summed E-state index contributed by atoms with van der Waals surface area (Å²) in [6.07, 6.45) is 1.62. The average Bonchev–Trinajstić information content (AvgIpc) is 3.21. The van der Waals surface area contributed by atoms with Gasteiger partial charge in [0.15, 0.2) is 0 Å². The summed E-state index contributed by atoms with van der Waals surface area (Å²) < 4.78 is 7.08. The van der Waals surface area contributed by atoms with Gasteiger partial charge in [-0.2, -0.15) is 5.10 Å². The number of rotatable bonds is 5. The molecule has 3 aromatic rings. The third kappa shape index (κ3) is 3.25. The number of aryl methyl sites for hydroxylation is 2. The molecular weight excluding hydrogens is 302 g/mol. The van der Waals surface area contributed by atoms with E-state index in [1.807, 2.05) is 67.3 Å². The lowest BCUT2D eigenvalue weighted by molar-refractivity contribution is 0.0647. The molecule has 24 heavy (non-hydrogen) atoms. The lowest BCUT2D eigenvalue weighted by Crippen LogP contribution is -2.34. The van der Waals surface area contributed by atoms with E-state index >= 15 is 0 Å². The molecule has 0 fully saturated rings. The molecule has 5 heteroatoms. The van der Waals surface area contributed by atoms with Crippen LogP contribution in [0.2, 0.25) is 0 Å². The molecule has 3 rings (SSSR count). The second-order valence-electron chi connectivity index (χ2n) is 5.89. The monoisotopic (exact) mass is 323 g/mol. The van der Waals surface area contributed by atoms with Gasteiger partial charge >= 0.3 is 0 Å². The third-order valence-electron chi connectivity index (χ3n) is 4.14. The van der Waals surface area contributed by atoms with Crippen LogP contribution in [0, 0.1) is 6.92 Å². The molecule has 0 aliphatic rings. The van der Waals surface area contributed by atoms with Gasteiger partial charge in [0.1, 0.15) is 11.5 Å². The topological polar surface area (TPSA) is 51.3 Å². The summed E-state index contributed by atoms with van der Waals surface area (Å²) >= 11 is 0. The lowest BCUT2D eigenvalue weighted by atomic mass is 10.1. The van der Waals surface area contributed by atoms with Crippen LogP contribution in [0.15, 0.2) is 59.2 Å². The zero-order valence-corrected chi connectivity index (χ0v) is 14.1. The third-order valence-corrected chi connectivity index (χ3v) is 4.14. The molecule has 0 N–H and O–H groups in total. The van der Waals surface area contributed by atoms with Gasteiger partial charge in [-0.05, 0) is 37.6 Å². The minimum atomic E-state index is -0.0843. The van der Waals surface area contributed by atoms with E-state index in [0.29, 0.717) is 12.2 Å². The first-order valence-electron chi connectivity index (χ1n) is 7.95. The van der Waals surface area contributed by atoms with Crippen LogP contribution in [-0.2, 0) is 13.6 Å². The number of nitrogens with zero attached hydrogens (tertiary/aromatic N) is 3. The molecule has 0 bridgehead atoms. The van der Waals surface area contributed by atoms with Gasteiger partial charge in [0, 0.05) is 7.05 Å². The van der Waals surface area contributed by atoms with Gasteiger partial charge in [-0.25, -0.2) is 0 Å². The maximum atomic E-state index is 13.1. The van der Waals surface area contributed by atoms with Gasteiger partial charge in [-0.3, -0.25) is 9.48 Å². The van der Waals surface area contributed by atoms with E-state index in [4.69, 9.17) is 4.42 Å². The quantitative estimate of drug-likeness (QED) is 0.719. The first-order valence-corrected chi connectivity index (χ1v) is 7.95. The molecule has 0 unspecified atom stereocenters. The maximum Gasteiger partial charge on any atom is 0.273 e. The van der Waals surface area contributed by atoms with Crippen molar-refractivity contribution in [2.45, 2.75) is 26.4 Å². The van der Waals surface area contributed by atoms with E-state index in [1.54, 1.807) is 18.0 Å². The van der Waals surface area contributed by atoms with Crippen LogP contribution in [-0.4, -0.2) is 20.6 Å². The number of aromatic nitrogens is 2. The number of carbonyl (C=O) groups is 1. The largest absolute Gasteiger partial charge is 0.467 e. The van der Waals surface area contributed by atoms with Gasteiger partial charge < -0.3 is 9.32 Å². The van der Waals surface area contributed by atoms with Crippen molar-refractivity contribution in [1.29, 1.82) is 0 Å².